The average Bonchev–Trinajstić information content (AvgIpc) is 2.64. The molecule has 1 aromatic heterocycles. The first-order valence-electron chi connectivity index (χ1n) is 5.26. The minimum Gasteiger partial charge on any atom is -0.380 e. The highest BCUT2D eigenvalue weighted by atomic mass is 79.9. The Hall–Kier alpha value is 0.1000. The molecule has 0 aromatic carbocycles. The van der Waals surface area contributed by atoms with Crippen molar-refractivity contribution in [3.8, 4) is 0 Å². The Kier molecular flexibility index (Phi) is 4.20. The van der Waals surface area contributed by atoms with Crippen molar-refractivity contribution in [2.24, 2.45) is 0 Å². The van der Waals surface area contributed by atoms with Gasteiger partial charge < -0.3 is 4.74 Å². The molecule has 1 fully saturated rings. The number of hydrogen-bond donors (Lipinski definition) is 0. The fourth-order valence-corrected chi connectivity index (χ4v) is 3.50. The lowest BCUT2D eigenvalue weighted by Gasteiger charge is -2.31. The molecule has 15 heavy (non-hydrogen) atoms. The highest BCUT2D eigenvalue weighted by Gasteiger charge is 2.19. The van der Waals surface area contributed by atoms with Gasteiger partial charge in [0.05, 0.1) is 6.10 Å². The van der Waals surface area contributed by atoms with Gasteiger partial charge in [0, 0.05) is 34.9 Å². The van der Waals surface area contributed by atoms with Crippen molar-refractivity contribution in [2.75, 3.05) is 20.2 Å². The number of methoxy groups -OCH3 is 1. The van der Waals surface area contributed by atoms with Gasteiger partial charge in [-0.25, -0.2) is 0 Å². The van der Waals surface area contributed by atoms with Crippen LogP contribution in [0.2, 0.25) is 0 Å². The van der Waals surface area contributed by atoms with E-state index in [-0.39, 0.29) is 0 Å². The SMILES string of the molecule is COC1CCCN(Cc2cc(Br)cs2)C1. The molecule has 2 heterocycles. The van der Waals surface area contributed by atoms with Crippen molar-refractivity contribution in [2.45, 2.75) is 25.5 Å². The standard InChI is InChI=1S/C11H16BrNOS/c1-14-10-3-2-4-13(6-10)7-11-5-9(12)8-15-11/h5,8,10H,2-4,6-7H2,1H3. The zero-order valence-corrected chi connectivity index (χ0v) is 11.3. The zero-order valence-electron chi connectivity index (χ0n) is 8.91. The number of halogens is 1. The molecule has 1 aliphatic heterocycles. The van der Waals surface area contributed by atoms with Crippen molar-refractivity contribution in [1.29, 1.82) is 0 Å². The second kappa shape index (κ2) is 5.43. The summed E-state index contributed by atoms with van der Waals surface area (Å²) in [6.45, 7) is 3.34. The molecule has 1 atom stereocenters. The monoisotopic (exact) mass is 289 g/mol. The predicted octanol–water partition coefficient (Wildman–Crippen LogP) is 3.12. The van der Waals surface area contributed by atoms with Gasteiger partial charge in [-0.1, -0.05) is 0 Å². The second-order valence-electron chi connectivity index (χ2n) is 3.97. The Bertz CT molecular complexity index is 315. The van der Waals surface area contributed by atoms with E-state index in [4.69, 9.17) is 4.74 Å². The number of likely N-dealkylation sites (tertiary alicyclic amines) is 1. The molecule has 4 heteroatoms. The molecular weight excluding hydrogens is 274 g/mol. The van der Waals surface area contributed by atoms with E-state index in [2.05, 4.69) is 32.3 Å². The van der Waals surface area contributed by atoms with Gasteiger partial charge in [-0.05, 0) is 41.4 Å². The Morgan fingerprint density at radius 3 is 3.20 bits per heavy atom. The van der Waals surface area contributed by atoms with Crippen molar-refractivity contribution in [3.63, 3.8) is 0 Å². The van der Waals surface area contributed by atoms with Gasteiger partial charge in [-0.3, -0.25) is 4.90 Å². The third-order valence-corrected chi connectivity index (χ3v) is 4.48. The summed E-state index contributed by atoms with van der Waals surface area (Å²) >= 11 is 5.31. The van der Waals surface area contributed by atoms with Crippen LogP contribution in [0.25, 0.3) is 0 Å². The van der Waals surface area contributed by atoms with Gasteiger partial charge in [0.25, 0.3) is 0 Å². The smallest absolute Gasteiger partial charge is 0.0698 e. The lowest BCUT2D eigenvalue weighted by atomic mass is 10.1. The summed E-state index contributed by atoms with van der Waals surface area (Å²) in [7, 11) is 1.82. The fourth-order valence-electron chi connectivity index (χ4n) is 2.01. The third-order valence-electron chi connectivity index (χ3n) is 2.80. The van der Waals surface area contributed by atoms with Crippen LogP contribution in [0.5, 0.6) is 0 Å². The largest absolute Gasteiger partial charge is 0.380 e. The molecule has 0 amide bonds. The maximum absolute atomic E-state index is 5.42. The quantitative estimate of drug-likeness (QED) is 0.848. The molecule has 1 saturated heterocycles. The summed E-state index contributed by atoms with van der Waals surface area (Å²) in [6.07, 6.45) is 2.90. The van der Waals surface area contributed by atoms with Crippen LogP contribution in [0.1, 0.15) is 17.7 Å². The average molecular weight is 290 g/mol. The molecule has 0 bridgehead atoms. The number of ether oxygens (including phenoxy) is 1. The maximum atomic E-state index is 5.42. The van der Waals surface area contributed by atoms with E-state index in [0.717, 1.165) is 13.1 Å². The van der Waals surface area contributed by atoms with Crippen molar-refractivity contribution < 1.29 is 4.74 Å². The molecule has 0 N–H and O–H groups in total. The summed E-state index contributed by atoms with van der Waals surface area (Å²) in [4.78, 5) is 3.91. The zero-order chi connectivity index (χ0) is 10.7. The summed E-state index contributed by atoms with van der Waals surface area (Å²) in [6, 6.07) is 2.21. The Morgan fingerprint density at radius 2 is 2.53 bits per heavy atom. The van der Waals surface area contributed by atoms with Crippen LogP contribution < -0.4 is 0 Å². The Balaban J connectivity index is 1.88. The molecule has 0 spiro atoms. The first-order valence-corrected chi connectivity index (χ1v) is 6.93. The van der Waals surface area contributed by atoms with Crippen LogP contribution >= 0.6 is 27.3 Å². The van der Waals surface area contributed by atoms with E-state index in [1.807, 2.05) is 18.4 Å². The van der Waals surface area contributed by atoms with Crippen LogP contribution in [-0.2, 0) is 11.3 Å². The normalized spacial score (nSPS) is 23.2. The topological polar surface area (TPSA) is 12.5 Å². The molecule has 2 nitrogen and oxygen atoms in total. The summed E-state index contributed by atoms with van der Waals surface area (Å²) in [5.41, 5.74) is 0. The first kappa shape index (κ1) is 11.6. The minimum absolute atomic E-state index is 0.433. The van der Waals surface area contributed by atoms with E-state index < -0.39 is 0 Å². The summed E-state index contributed by atoms with van der Waals surface area (Å²) < 4.78 is 6.61. The third kappa shape index (κ3) is 3.28. The van der Waals surface area contributed by atoms with E-state index in [1.165, 1.54) is 28.7 Å². The number of nitrogens with zero attached hydrogens (tertiary/aromatic N) is 1. The molecule has 2 rings (SSSR count). The van der Waals surface area contributed by atoms with Gasteiger partial charge in [0.1, 0.15) is 0 Å². The van der Waals surface area contributed by atoms with Gasteiger partial charge in [-0.15, -0.1) is 11.3 Å². The van der Waals surface area contributed by atoms with Gasteiger partial charge in [-0.2, -0.15) is 0 Å². The van der Waals surface area contributed by atoms with Crippen molar-refractivity contribution in [1.82, 2.24) is 4.90 Å². The molecule has 1 unspecified atom stereocenters. The number of hydrogen-bond acceptors (Lipinski definition) is 3. The number of thiophene rings is 1. The number of piperidine rings is 1. The first-order chi connectivity index (χ1) is 7.28. The van der Waals surface area contributed by atoms with Gasteiger partial charge in [0.15, 0.2) is 0 Å². The van der Waals surface area contributed by atoms with E-state index in [0.29, 0.717) is 6.10 Å². The van der Waals surface area contributed by atoms with Crippen LogP contribution in [0.15, 0.2) is 15.9 Å². The van der Waals surface area contributed by atoms with Crippen molar-refractivity contribution in [3.05, 3.63) is 20.8 Å². The molecule has 0 radical (unpaired) electrons. The number of rotatable bonds is 3. The van der Waals surface area contributed by atoms with Crippen LogP contribution in [-0.4, -0.2) is 31.2 Å². The van der Waals surface area contributed by atoms with Crippen LogP contribution in [0.4, 0.5) is 0 Å². The molecule has 0 saturated carbocycles. The van der Waals surface area contributed by atoms with E-state index in [9.17, 15) is 0 Å². The summed E-state index contributed by atoms with van der Waals surface area (Å²) in [5, 5.41) is 2.15. The van der Waals surface area contributed by atoms with E-state index >= 15 is 0 Å². The molecular formula is C11H16BrNOS. The lowest BCUT2D eigenvalue weighted by molar-refractivity contribution is 0.0289. The van der Waals surface area contributed by atoms with Crippen LogP contribution in [0.3, 0.4) is 0 Å². The minimum atomic E-state index is 0.433. The summed E-state index contributed by atoms with van der Waals surface area (Å²) in [5.74, 6) is 0. The molecule has 0 aliphatic carbocycles. The maximum Gasteiger partial charge on any atom is 0.0698 e. The van der Waals surface area contributed by atoms with Crippen LogP contribution in [0, 0.1) is 0 Å². The van der Waals surface area contributed by atoms with Gasteiger partial charge >= 0.3 is 0 Å². The Morgan fingerprint density at radius 1 is 1.67 bits per heavy atom. The van der Waals surface area contributed by atoms with Gasteiger partial charge in [0.2, 0.25) is 0 Å². The van der Waals surface area contributed by atoms with E-state index in [1.54, 1.807) is 0 Å². The Labute approximate surface area is 103 Å². The highest BCUT2D eigenvalue weighted by Crippen LogP contribution is 2.23. The lowest BCUT2D eigenvalue weighted by Crippen LogP contribution is -2.38. The molecule has 1 aromatic rings. The van der Waals surface area contributed by atoms with Crippen molar-refractivity contribution >= 4 is 27.3 Å². The highest BCUT2D eigenvalue weighted by molar-refractivity contribution is 9.10. The predicted molar refractivity (Wildman–Crippen MR) is 67.3 cm³/mol. The molecule has 1 aliphatic rings. The fraction of sp³-hybridized carbons (Fsp3) is 0.636. The molecule has 84 valence electrons. The second-order valence-corrected chi connectivity index (χ2v) is 5.88.